The van der Waals surface area contributed by atoms with Crippen molar-refractivity contribution in [2.24, 2.45) is 0 Å². The molecular formula is C28H24N4O2. The summed E-state index contributed by atoms with van der Waals surface area (Å²) in [7, 11) is 0. The van der Waals surface area contributed by atoms with Crippen LogP contribution in [0.3, 0.4) is 0 Å². The van der Waals surface area contributed by atoms with Crippen molar-refractivity contribution in [2.75, 3.05) is 16.8 Å². The SMILES string of the molecule is O=C(NCCc1ccccn1)c1ccc2c(c1)NC(=O)c1ccccc1N2Cc1ccccc1. The molecule has 0 bridgehead atoms. The van der Waals surface area contributed by atoms with Gasteiger partial charge in [0.15, 0.2) is 0 Å². The lowest BCUT2D eigenvalue weighted by Gasteiger charge is -2.26. The zero-order chi connectivity index (χ0) is 23.3. The molecule has 0 atom stereocenters. The second-order valence-corrected chi connectivity index (χ2v) is 8.10. The first-order valence-corrected chi connectivity index (χ1v) is 11.2. The number of carbonyl (C=O) groups excluding carboxylic acids is 2. The molecular weight excluding hydrogens is 424 g/mol. The van der Waals surface area contributed by atoms with Gasteiger partial charge in [-0.3, -0.25) is 14.6 Å². The molecule has 0 saturated heterocycles. The minimum Gasteiger partial charge on any atom is -0.352 e. The summed E-state index contributed by atoms with van der Waals surface area (Å²) in [6, 6.07) is 28.8. The van der Waals surface area contributed by atoms with Crippen molar-refractivity contribution < 1.29 is 9.59 Å². The second-order valence-electron chi connectivity index (χ2n) is 8.10. The van der Waals surface area contributed by atoms with Gasteiger partial charge >= 0.3 is 0 Å². The van der Waals surface area contributed by atoms with E-state index in [1.54, 1.807) is 18.3 Å². The third-order valence-corrected chi connectivity index (χ3v) is 5.81. The molecule has 3 aromatic carbocycles. The van der Waals surface area contributed by atoms with Gasteiger partial charge in [-0.15, -0.1) is 0 Å². The maximum atomic E-state index is 13.0. The van der Waals surface area contributed by atoms with Gasteiger partial charge in [0.1, 0.15) is 0 Å². The Morgan fingerprint density at radius 2 is 1.68 bits per heavy atom. The number of hydrogen-bond acceptors (Lipinski definition) is 4. The molecule has 6 heteroatoms. The normalized spacial score (nSPS) is 12.2. The monoisotopic (exact) mass is 448 g/mol. The number of hydrogen-bond donors (Lipinski definition) is 2. The average molecular weight is 449 g/mol. The molecule has 0 spiro atoms. The Kier molecular flexibility index (Phi) is 6.03. The minimum absolute atomic E-state index is 0.190. The van der Waals surface area contributed by atoms with Crippen LogP contribution >= 0.6 is 0 Å². The first-order chi connectivity index (χ1) is 16.7. The molecule has 168 valence electrons. The molecule has 0 unspecified atom stereocenters. The van der Waals surface area contributed by atoms with Crippen molar-refractivity contribution in [3.8, 4) is 0 Å². The Hall–Kier alpha value is -4.45. The van der Waals surface area contributed by atoms with Crippen LogP contribution < -0.4 is 15.5 Å². The number of rotatable bonds is 6. The highest BCUT2D eigenvalue weighted by Crippen LogP contribution is 2.39. The highest BCUT2D eigenvalue weighted by atomic mass is 16.2. The molecule has 5 rings (SSSR count). The summed E-state index contributed by atoms with van der Waals surface area (Å²) < 4.78 is 0. The fourth-order valence-corrected chi connectivity index (χ4v) is 4.12. The van der Waals surface area contributed by atoms with Crippen LogP contribution in [0.5, 0.6) is 0 Å². The number of aromatic nitrogens is 1. The van der Waals surface area contributed by atoms with E-state index in [-0.39, 0.29) is 11.8 Å². The van der Waals surface area contributed by atoms with Crippen LogP contribution in [-0.2, 0) is 13.0 Å². The molecule has 2 N–H and O–H groups in total. The first kappa shape index (κ1) is 21.4. The maximum absolute atomic E-state index is 13.0. The second kappa shape index (κ2) is 9.58. The van der Waals surface area contributed by atoms with E-state index in [1.807, 2.05) is 66.7 Å². The van der Waals surface area contributed by atoms with Crippen LogP contribution in [0.25, 0.3) is 0 Å². The van der Waals surface area contributed by atoms with Crippen molar-refractivity contribution in [1.29, 1.82) is 0 Å². The van der Waals surface area contributed by atoms with Crippen LogP contribution in [0.1, 0.15) is 32.0 Å². The summed E-state index contributed by atoms with van der Waals surface area (Å²) in [5, 5.41) is 5.94. The van der Waals surface area contributed by atoms with Crippen LogP contribution in [-0.4, -0.2) is 23.3 Å². The maximum Gasteiger partial charge on any atom is 0.257 e. The van der Waals surface area contributed by atoms with Crippen molar-refractivity contribution >= 4 is 28.9 Å². The van der Waals surface area contributed by atoms with E-state index in [2.05, 4.69) is 32.7 Å². The van der Waals surface area contributed by atoms with E-state index < -0.39 is 0 Å². The van der Waals surface area contributed by atoms with E-state index in [1.165, 1.54) is 0 Å². The van der Waals surface area contributed by atoms with E-state index >= 15 is 0 Å². The van der Waals surface area contributed by atoms with Crippen molar-refractivity contribution in [3.63, 3.8) is 0 Å². The first-order valence-electron chi connectivity index (χ1n) is 11.2. The molecule has 2 amide bonds. The molecule has 6 nitrogen and oxygen atoms in total. The summed E-state index contributed by atoms with van der Waals surface area (Å²) in [5.74, 6) is -0.385. The number of anilines is 3. The molecule has 0 radical (unpaired) electrons. The molecule has 0 saturated carbocycles. The topological polar surface area (TPSA) is 74.3 Å². The third-order valence-electron chi connectivity index (χ3n) is 5.81. The van der Waals surface area contributed by atoms with Gasteiger partial charge in [0, 0.05) is 37.0 Å². The highest BCUT2D eigenvalue weighted by Gasteiger charge is 2.26. The summed E-state index contributed by atoms with van der Waals surface area (Å²) >= 11 is 0. The van der Waals surface area contributed by atoms with Gasteiger partial charge in [-0.2, -0.15) is 0 Å². The minimum atomic E-state index is -0.194. The van der Waals surface area contributed by atoms with Crippen LogP contribution in [0.4, 0.5) is 17.1 Å². The largest absolute Gasteiger partial charge is 0.352 e. The highest BCUT2D eigenvalue weighted by molar-refractivity contribution is 6.13. The molecule has 2 heterocycles. The van der Waals surface area contributed by atoms with E-state index in [0.29, 0.717) is 36.3 Å². The van der Waals surface area contributed by atoms with Crippen LogP contribution in [0.15, 0.2) is 97.2 Å². The van der Waals surface area contributed by atoms with Gasteiger partial charge in [0.2, 0.25) is 0 Å². The molecule has 0 aliphatic carbocycles. The lowest BCUT2D eigenvalue weighted by Crippen LogP contribution is -2.26. The number of para-hydroxylation sites is 1. The third kappa shape index (κ3) is 4.52. The van der Waals surface area contributed by atoms with Crippen LogP contribution in [0.2, 0.25) is 0 Å². The molecule has 1 aliphatic rings. The van der Waals surface area contributed by atoms with Crippen molar-refractivity contribution in [3.05, 3.63) is 120 Å². The Morgan fingerprint density at radius 3 is 2.50 bits per heavy atom. The number of amides is 2. The fourth-order valence-electron chi connectivity index (χ4n) is 4.12. The van der Waals surface area contributed by atoms with Gasteiger partial charge in [-0.05, 0) is 48.0 Å². The Bertz CT molecular complexity index is 1320. The average Bonchev–Trinajstić information content (AvgIpc) is 2.99. The standard InChI is InChI=1S/C28H24N4O2/c33-27(30-17-15-22-10-6-7-16-29-22)21-13-14-26-24(18-21)31-28(34)23-11-4-5-12-25(23)32(26)19-20-8-2-1-3-9-20/h1-14,16,18H,15,17,19H2,(H,30,33)(H,31,34). The number of fused-ring (bicyclic) bond motifs is 2. The molecule has 34 heavy (non-hydrogen) atoms. The van der Waals surface area contributed by atoms with Gasteiger partial charge in [0.25, 0.3) is 11.8 Å². The summed E-state index contributed by atoms with van der Waals surface area (Å²) in [6.45, 7) is 1.07. The predicted molar refractivity (Wildman–Crippen MR) is 133 cm³/mol. The molecule has 4 aromatic rings. The summed E-state index contributed by atoms with van der Waals surface area (Å²) in [6.07, 6.45) is 2.39. The zero-order valence-corrected chi connectivity index (χ0v) is 18.6. The van der Waals surface area contributed by atoms with Crippen molar-refractivity contribution in [1.82, 2.24) is 10.3 Å². The fraction of sp³-hybridized carbons (Fsp3) is 0.107. The Labute approximate surface area is 198 Å². The molecule has 0 fully saturated rings. The zero-order valence-electron chi connectivity index (χ0n) is 18.6. The number of nitrogens with zero attached hydrogens (tertiary/aromatic N) is 2. The summed E-state index contributed by atoms with van der Waals surface area (Å²) in [5.41, 5.74) is 5.40. The van der Waals surface area contributed by atoms with Gasteiger partial charge in [0.05, 0.1) is 22.6 Å². The van der Waals surface area contributed by atoms with Crippen molar-refractivity contribution in [2.45, 2.75) is 13.0 Å². The van der Waals surface area contributed by atoms with Crippen LogP contribution in [0, 0.1) is 0 Å². The molecule has 1 aromatic heterocycles. The van der Waals surface area contributed by atoms with E-state index in [4.69, 9.17) is 0 Å². The van der Waals surface area contributed by atoms with E-state index in [9.17, 15) is 9.59 Å². The number of carbonyl (C=O) groups is 2. The number of nitrogens with one attached hydrogen (secondary N) is 2. The number of benzene rings is 3. The Morgan fingerprint density at radius 1 is 0.882 bits per heavy atom. The lowest BCUT2D eigenvalue weighted by molar-refractivity contribution is 0.0952. The van der Waals surface area contributed by atoms with Gasteiger partial charge in [-0.1, -0.05) is 48.5 Å². The smallest absolute Gasteiger partial charge is 0.257 e. The summed E-state index contributed by atoms with van der Waals surface area (Å²) in [4.78, 5) is 32.2. The Balaban J connectivity index is 1.42. The van der Waals surface area contributed by atoms with E-state index in [0.717, 1.165) is 22.6 Å². The lowest BCUT2D eigenvalue weighted by atomic mass is 10.1. The molecule has 1 aliphatic heterocycles. The predicted octanol–water partition coefficient (Wildman–Crippen LogP) is 4.96. The van der Waals surface area contributed by atoms with Gasteiger partial charge < -0.3 is 15.5 Å². The quantitative estimate of drug-likeness (QED) is 0.437. The number of pyridine rings is 1. The van der Waals surface area contributed by atoms with Gasteiger partial charge in [-0.25, -0.2) is 0 Å².